The Morgan fingerprint density at radius 1 is 1.57 bits per heavy atom. The molecule has 0 aliphatic carbocycles. The van der Waals surface area contributed by atoms with E-state index in [4.69, 9.17) is 16.3 Å². The number of methoxy groups -OCH3 is 1. The van der Waals surface area contributed by atoms with Crippen molar-refractivity contribution < 1.29 is 14.3 Å². The van der Waals surface area contributed by atoms with Gasteiger partial charge in [0.05, 0.1) is 22.7 Å². The number of anilines is 1. The molecule has 1 unspecified atom stereocenters. The molecule has 1 aromatic heterocycles. The predicted octanol–water partition coefficient (Wildman–Crippen LogP) is 2.38. The quantitative estimate of drug-likeness (QED) is 0.895. The highest BCUT2D eigenvalue weighted by Crippen LogP contribution is 2.29. The minimum Gasteiger partial charge on any atom is -0.383 e. The summed E-state index contributed by atoms with van der Waals surface area (Å²) in [5, 5.41) is 3.96. The number of aromatic nitrogens is 1. The van der Waals surface area contributed by atoms with Gasteiger partial charge < -0.3 is 15.0 Å². The molecule has 1 saturated heterocycles. The summed E-state index contributed by atoms with van der Waals surface area (Å²) < 4.78 is 5.89. The van der Waals surface area contributed by atoms with E-state index >= 15 is 0 Å². The van der Waals surface area contributed by atoms with E-state index in [0.717, 1.165) is 10.2 Å². The molecule has 2 heterocycles. The molecule has 3 rings (SSSR count). The molecule has 8 heteroatoms. The van der Waals surface area contributed by atoms with Crippen molar-refractivity contribution in [1.29, 1.82) is 0 Å². The molecular formula is C15H16ClN3O3S. The topological polar surface area (TPSA) is 71.5 Å². The molecule has 1 atom stereocenters. The van der Waals surface area contributed by atoms with E-state index in [1.165, 1.54) is 11.3 Å². The predicted molar refractivity (Wildman–Crippen MR) is 89.8 cm³/mol. The van der Waals surface area contributed by atoms with Crippen LogP contribution in [0.1, 0.15) is 6.42 Å². The Bertz CT molecular complexity index is 749. The number of thiazole rings is 1. The van der Waals surface area contributed by atoms with Gasteiger partial charge in [0.15, 0.2) is 5.13 Å². The maximum absolute atomic E-state index is 12.3. The standard InChI is InChI=1S/C15H16ClN3O3S/c1-22-5-4-19-8-9(6-13(19)20)14(21)18-15-17-11-3-2-10(16)7-12(11)23-15/h2-3,7,9H,4-6,8H2,1H3,(H,17,18,21). The van der Waals surface area contributed by atoms with E-state index < -0.39 is 0 Å². The number of hydrogen-bond acceptors (Lipinski definition) is 5. The summed E-state index contributed by atoms with van der Waals surface area (Å²) in [5.74, 6) is -0.545. The lowest BCUT2D eigenvalue weighted by atomic mass is 10.1. The van der Waals surface area contributed by atoms with Crippen molar-refractivity contribution in [3.63, 3.8) is 0 Å². The Hall–Kier alpha value is -1.70. The number of fused-ring (bicyclic) bond motifs is 1. The van der Waals surface area contributed by atoms with Crippen molar-refractivity contribution >= 4 is 50.1 Å². The van der Waals surface area contributed by atoms with E-state index in [1.54, 1.807) is 18.1 Å². The van der Waals surface area contributed by atoms with Crippen LogP contribution in [-0.4, -0.2) is 48.5 Å². The van der Waals surface area contributed by atoms with Gasteiger partial charge in [-0.3, -0.25) is 9.59 Å². The van der Waals surface area contributed by atoms with Gasteiger partial charge in [0, 0.05) is 31.6 Å². The number of ether oxygens (including phenoxy) is 1. The Kier molecular flexibility index (Phi) is 4.79. The molecule has 6 nitrogen and oxygen atoms in total. The number of carbonyl (C=O) groups excluding carboxylic acids is 2. The lowest BCUT2D eigenvalue weighted by molar-refractivity contribution is -0.128. The van der Waals surface area contributed by atoms with Gasteiger partial charge in [0.25, 0.3) is 0 Å². The van der Waals surface area contributed by atoms with Crippen LogP contribution >= 0.6 is 22.9 Å². The van der Waals surface area contributed by atoms with Gasteiger partial charge in [-0.2, -0.15) is 0 Å². The minimum absolute atomic E-state index is 0.0155. The molecule has 0 spiro atoms. The molecule has 0 saturated carbocycles. The summed E-state index contributed by atoms with van der Waals surface area (Å²) in [5.41, 5.74) is 0.791. The zero-order chi connectivity index (χ0) is 16.4. The fraction of sp³-hybridized carbons (Fsp3) is 0.400. The summed E-state index contributed by atoms with van der Waals surface area (Å²) in [4.78, 5) is 30.3. The fourth-order valence-electron chi connectivity index (χ4n) is 2.52. The monoisotopic (exact) mass is 353 g/mol. The number of rotatable bonds is 5. The first kappa shape index (κ1) is 16.2. The normalized spacial score (nSPS) is 17.9. The third-order valence-electron chi connectivity index (χ3n) is 3.73. The maximum atomic E-state index is 12.3. The van der Waals surface area contributed by atoms with Crippen LogP contribution in [0, 0.1) is 5.92 Å². The number of nitrogens with zero attached hydrogens (tertiary/aromatic N) is 2. The Balaban J connectivity index is 1.65. The van der Waals surface area contributed by atoms with E-state index in [2.05, 4.69) is 10.3 Å². The van der Waals surface area contributed by atoms with Crippen LogP contribution in [0.4, 0.5) is 5.13 Å². The van der Waals surface area contributed by atoms with E-state index in [1.807, 2.05) is 12.1 Å². The van der Waals surface area contributed by atoms with Gasteiger partial charge in [-0.15, -0.1) is 0 Å². The third kappa shape index (κ3) is 3.63. The maximum Gasteiger partial charge on any atom is 0.231 e. The Morgan fingerprint density at radius 3 is 3.17 bits per heavy atom. The highest BCUT2D eigenvalue weighted by Gasteiger charge is 2.34. The lowest BCUT2D eigenvalue weighted by Crippen LogP contribution is -2.30. The average molecular weight is 354 g/mol. The molecule has 1 aliphatic heterocycles. The number of amides is 2. The molecule has 23 heavy (non-hydrogen) atoms. The van der Waals surface area contributed by atoms with Gasteiger partial charge in [-0.1, -0.05) is 22.9 Å². The Labute approximate surface area is 142 Å². The van der Waals surface area contributed by atoms with Crippen molar-refractivity contribution in [1.82, 2.24) is 9.88 Å². The second kappa shape index (κ2) is 6.82. The first-order valence-corrected chi connectivity index (χ1v) is 8.40. The smallest absolute Gasteiger partial charge is 0.231 e. The van der Waals surface area contributed by atoms with Gasteiger partial charge >= 0.3 is 0 Å². The van der Waals surface area contributed by atoms with Gasteiger partial charge in [-0.05, 0) is 18.2 Å². The number of benzene rings is 1. The van der Waals surface area contributed by atoms with E-state index in [-0.39, 0.29) is 24.2 Å². The highest BCUT2D eigenvalue weighted by atomic mass is 35.5. The second-order valence-corrected chi connectivity index (χ2v) is 6.82. The van der Waals surface area contributed by atoms with Crippen LogP contribution in [0.2, 0.25) is 5.02 Å². The number of carbonyl (C=O) groups is 2. The molecule has 0 bridgehead atoms. The second-order valence-electron chi connectivity index (χ2n) is 5.35. The fourth-order valence-corrected chi connectivity index (χ4v) is 3.67. The molecule has 122 valence electrons. The molecule has 1 aliphatic rings. The number of likely N-dealkylation sites (tertiary alicyclic amines) is 1. The van der Waals surface area contributed by atoms with Crippen molar-refractivity contribution in [2.45, 2.75) is 6.42 Å². The van der Waals surface area contributed by atoms with E-state index in [0.29, 0.717) is 29.9 Å². The molecule has 1 N–H and O–H groups in total. The largest absolute Gasteiger partial charge is 0.383 e. The minimum atomic E-state index is -0.352. The lowest BCUT2D eigenvalue weighted by Gasteiger charge is -2.15. The van der Waals surface area contributed by atoms with Crippen molar-refractivity contribution in [2.24, 2.45) is 5.92 Å². The first-order valence-electron chi connectivity index (χ1n) is 7.20. The highest BCUT2D eigenvalue weighted by molar-refractivity contribution is 7.22. The summed E-state index contributed by atoms with van der Waals surface area (Å²) in [6, 6.07) is 5.39. The molecule has 0 radical (unpaired) electrons. The molecule has 1 fully saturated rings. The average Bonchev–Trinajstić information content (AvgIpc) is 3.07. The zero-order valence-corrected chi connectivity index (χ0v) is 14.1. The molecule has 2 amide bonds. The van der Waals surface area contributed by atoms with Crippen molar-refractivity contribution in [2.75, 3.05) is 32.1 Å². The van der Waals surface area contributed by atoms with Crippen molar-refractivity contribution in [3.05, 3.63) is 23.2 Å². The van der Waals surface area contributed by atoms with Crippen molar-refractivity contribution in [3.8, 4) is 0 Å². The third-order valence-corrected chi connectivity index (χ3v) is 4.90. The molecule has 1 aromatic carbocycles. The van der Waals surface area contributed by atoms with Gasteiger partial charge in [-0.25, -0.2) is 4.98 Å². The number of nitrogens with one attached hydrogen (secondary N) is 1. The number of hydrogen-bond donors (Lipinski definition) is 1. The first-order chi connectivity index (χ1) is 11.1. The van der Waals surface area contributed by atoms with Gasteiger partial charge in [0.1, 0.15) is 0 Å². The van der Waals surface area contributed by atoms with Crippen LogP contribution in [-0.2, 0) is 14.3 Å². The van der Waals surface area contributed by atoms with Crippen LogP contribution in [0.25, 0.3) is 10.2 Å². The number of halogens is 1. The summed E-state index contributed by atoms with van der Waals surface area (Å²) in [6.45, 7) is 1.40. The molecular weight excluding hydrogens is 338 g/mol. The van der Waals surface area contributed by atoms with E-state index in [9.17, 15) is 9.59 Å². The van der Waals surface area contributed by atoms with Gasteiger partial charge in [0.2, 0.25) is 11.8 Å². The Morgan fingerprint density at radius 2 is 2.39 bits per heavy atom. The summed E-state index contributed by atoms with van der Waals surface area (Å²) in [6.07, 6.45) is 0.228. The van der Waals surface area contributed by atoms with Crippen LogP contribution in [0.3, 0.4) is 0 Å². The molecule has 2 aromatic rings. The van der Waals surface area contributed by atoms with Crippen LogP contribution in [0.15, 0.2) is 18.2 Å². The SMILES string of the molecule is COCCN1CC(C(=O)Nc2nc3ccc(Cl)cc3s2)CC1=O. The van der Waals surface area contributed by atoms with Crippen LogP contribution in [0.5, 0.6) is 0 Å². The zero-order valence-electron chi connectivity index (χ0n) is 12.5. The summed E-state index contributed by atoms with van der Waals surface area (Å²) >= 11 is 7.32. The van der Waals surface area contributed by atoms with Crippen LogP contribution < -0.4 is 5.32 Å². The summed E-state index contributed by atoms with van der Waals surface area (Å²) in [7, 11) is 1.59.